The van der Waals surface area contributed by atoms with Gasteiger partial charge >= 0.3 is 0 Å². The molecule has 182 valence electrons. The fraction of sp³-hybridized carbons (Fsp3) is 0.360. The monoisotopic (exact) mass is 474 g/mol. The van der Waals surface area contributed by atoms with Crippen LogP contribution in [0.4, 0.5) is 17.3 Å². The average molecular weight is 475 g/mol. The first kappa shape index (κ1) is 22.7. The van der Waals surface area contributed by atoms with Crippen LogP contribution < -0.4 is 25.4 Å². The molecule has 4 heterocycles. The van der Waals surface area contributed by atoms with Crippen LogP contribution in [-0.2, 0) is 7.05 Å². The predicted molar refractivity (Wildman–Crippen MR) is 136 cm³/mol. The number of fused-ring (bicyclic) bond motifs is 1. The summed E-state index contributed by atoms with van der Waals surface area (Å²) in [6, 6.07) is 6.24. The highest BCUT2D eigenvalue weighted by atomic mass is 16.5. The topological polar surface area (TPSA) is 116 Å². The number of ether oxygens (including phenoxy) is 2. The van der Waals surface area contributed by atoms with Gasteiger partial charge in [0.25, 0.3) is 0 Å². The Morgan fingerprint density at radius 3 is 2.66 bits per heavy atom. The molecule has 1 fully saturated rings. The molecule has 0 aliphatic carbocycles. The van der Waals surface area contributed by atoms with Gasteiger partial charge in [-0.05, 0) is 38.3 Å². The Morgan fingerprint density at radius 2 is 1.94 bits per heavy atom. The van der Waals surface area contributed by atoms with E-state index in [9.17, 15) is 0 Å². The van der Waals surface area contributed by atoms with Gasteiger partial charge < -0.3 is 25.4 Å². The molecule has 0 saturated carbocycles. The highest BCUT2D eigenvalue weighted by Gasteiger charge is 2.23. The van der Waals surface area contributed by atoms with Crippen molar-refractivity contribution in [1.29, 1.82) is 0 Å². The van der Waals surface area contributed by atoms with E-state index in [1.54, 1.807) is 11.8 Å². The van der Waals surface area contributed by atoms with Crippen LogP contribution >= 0.6 is 0 Å². The molecule has 0 amide bonds. The summed E-state index contributed by atoms with van der Waals surface area (Å²) < 4.78 is 13.7. The molecule has 1 aliphatic heterocycles. The number of piperidine rings is 1. The lowest BCUT2D eigenvalue weighted by atomic mass is 10.0. The van der Waals surface area contributed by atoms with Crippen molar-refractivity contribution in [2.45, 2.75) is 32.7 Å². The van der Waals surface area contributed by atoms with Crippen molar-refractivity contribution in [1.82, 2.24) is 24.7 Å². The summed E-state index contributed by atoms with van der Waals surface area (Å²) in [6.07, 6.45) is 7.27. The zero-order valence-electron chi connectivity index (χ0n) is 20.4. The fourth-order valence-corrected chi connectivity index (χ4v) is 4.56. The normalized spacial score (nSPS) is 14.3. The summed E-state index contributed by atoms with van der Waals surface area (Å²) >= 11 is 0. The van der Waals surface area contributed by atoms with Gasteiger partial charge in [-0.25, -0.2) is 9.97 Å². The van der Waals surface area contributed by atoms with Gasteiger partial charge in [-0.15, -0.1) is 0 Å². The number of nitrogens with zero attached hydrogens (tertiary/aromatic N) is 6. The molecule has 0 radical (unpaired) electrons. The maximum absolute atomic E-state index is 6.41. The van der Waals surface area contributed by atoms with Crippen LogP contribution in [0.2, 0.25) is 0 Å². The Labute approximate surface area is 204 Å². The lowest BCUT2D eigenvalue weighted by Crippen LogP contribution is -2.39. The first-order valence-electron chi connectivity index (χ1n) is 11.7. The molecule has 10 nitrogen and oxygen atoms in total. The maximum Gasteiger partial charge on any atom is 0.234 e. The Kier molecular flexibility index (Phi) is 6.02. The molecule has 3 aromatic heterocycles. The van der Waals surface area contributed by atoms with E-state index in [-0.39, 0.29) is 0 Å². The van der Waals surface area contributed by atoms with E-state index in [1.165, 1.54) is 6.33 Å². The number of aryl methyl sites for hydroxylation is 2. The van der Waals surface area contributed by atoms with Gasteiger partial charge in [0.15, 0.2) is 0 Å². The fourth-order valence-electron chi connectivity index (χ4n) is 4.56. The molecule has 0 spiro atoms. The van der Waals surface area contributed by atoms with Gasteiger partial charge in [0.05, 0.1) is 24.5 Å². The van der Waals surface area contributed by atoms with Crippen LogP contribution in [0.1, 0.15) is 24.0 Å². The minimum Gasteiger partial charge on any atom is -0.496 e. The molecule has 0 unspecified atom stereocenters. The molecule has 3 N–H and O–H groups in total. The summed E-state index contributed by atoms with van der Waals surface area (Å²) in [6.45, 7) is 5.67. The van der Waals surface area contributed by atoms with Gasteiger partial charge in [-0.2, -0.15) is 10.1 Å². The number of pyridine rings is 1. The third-order valence-corrected chi connectivity index (χ3v) is 6.47. The van der Waals surface area contributed by atoms with Crippen molar-refractivity contribution < 1.29 is 9.47 Å². The molecule has 10 heteroatoms. The molecule has 0 atom stereocenters. The smallest absolute Gasteiger partial charge is 0.234 e. The molecule has 1 aliphatic rings. The van der Waals surface area contributed by atoms with Crippen molar-refractivity contribution >= 4 is 28.2 Å². The number of nitrogen functional groups attached to an aromatic ring is 1. The van der Waals surface area contributed by atoms with Crippen molar-refractivity contribution in [3.63, 3.8) is 0 Å². The van der Waals surface area contributed by atoms with Gasteiger partial charge in [-0.1, -0.05) is 6.07 Å². The molecular weight excluding hydrogens is 444 g/mol. The number of hydrogen-bond acceptors (Lipinski definition) is 9. The highest BCUT2D eigenvalue weighted by molar-refractivity contribution is 5.94. The summed E-state index contributed by atoms with van der Waals surface area (Å²) in [5, 5.41) is 8.41. The van der Waals surface area contributed by atoms with Crippen molar-refractivity contribution in [2.75, 3.05) is 36.1 Å². The third kappa shape index (κ3) is 4.51. The van der Waals surface area contributed by atoms with E-state index in [0.29, 0.717) is 34.4 Å². The Bertz CT molecular complexity index is 1360. The van der Waals surface area contributed by atoms with E-state index >= 15 is 0 Å². The zero-order valence-corrected chi connectivity index (χ0v) is 20.4. The number of rotatable bonds is 6. The maximum atomic E-state index is 6.41. The Hall–Kier alpha value is -4.08. The number of nitrogens with two attached hydrogens (primary N) is 1. The largest absolute Gasteiger partial charge is 0.496 e. The number of aromatic nitrogens is 5. The van der Waals surface area contributed by atoms with Crippen molar-refractivity contribution in [3.05, 3.63) is 48.0 Å². The summed E-state index contributed by atoms with van der Waals surface area (Å²) in [5.74, 6) is 2.98. The van der Waals surface area contributed by atoms with Crippen molar-refractivity contribution in [2.24, 2.45) is 7.05 Å². The second kappa shape index (κ2) is 9.28. The highest BCUT2D eigenvalue weighted by Crippen LogP contribution is 2.38. The van der Waals surface area contributed by atoms with E-state index in [2.05, 4.69) is 25.3 Å². The van der Waals surface area contributed by atoms with Crippen LogP contribution in [0.3, 0.4) is 0 Å². The molecule has 35 heavy (non-hydrogen) atoms. The van der Waals surface area contributed by atoms with Crippen LogP contribution in [-0.4, -0.2) is 51.0 Å². The minimum atomic E-state index is 0.335. The lowest BCUT2D eigenvalue weighted by Gasteiger charge is -2.33. The van der Waals surface area contributed by atoms with Crippen LogP contribution in [0.15, 0.2) is 36.9 Å². The third-order valence-electron chi connectivity index (χ3n) is 6.47. The number of benzene rings is 1. The first-order chi connectivity index (χ1) is 16.9. The molecular formula is C25H30N8O2. The van der Waals surface area contributed by atoms with E-state index in [1.807, 2.05) is 51.5 Å². The predicted octanol–water partition coefficient (Wildman–Crippen LogP) is 3.84. The average Bonchev–Trinajstić information content (AvgIpc) is 3.26. The summed E-state index contributed by atoms with van der Waals surface area (Å²) in [4.78, 5) is 15.8. The van der Waals surface area contributed by atoms with Crippen LogP contribution in [0, 0.1) is 13.8 Å². The second-order valence-electron chi connectivity index (χ2n) is 8.89. The quantitative estimate of drug-likeness (QED) is 0.430. The minimum absolute atomic E-state index is 0.335. The first-order valence-corrected chi connectivity index (χ1v) is 11.7. The Morgan fingerprint density at radius 1 is 1.14 bits per heavy atom. The summed E-state index contributed by atoms with van der Waals surface area (Å²) in [7, 11) is 3.57. The van der Waals surface area contributed by atoms with Gasteiger partial charge in [0.1, 0.15) is 34.8 Å². The molecule has 0 bridgehead atoms. The molecule has 1 saturated heterocycles. The van der Waals surface area contributed by atoms with Crippen molar-refractivity contribution in [3.8, 4) is 17.4 Å². The standard InChI is InChI=1S/C25H30N8O2/c1-15-5-6-20(34-4)16(2)23(15)35-25-22-19(27-14-28-24(22)26)11-21(31-25)33-9-7-17(8-10-33)30-18-12-29-32(3)13-18/h5-6,11-14,17,30H,7-10H2,1-4H3,(H2,26,27,28). The van der Waals surface area contributed by atoms with Gasteiger partial charge in [0.2, 0.25) is 5.88 Å². The number of methoxy groups -OCH3 is 1. The van der Waals surface area contributed by atoms with E-state index < -0.39 is 0 Å². The SMILES string of the molecule is COc1ccc(C)c(Oc2nc(N3CCC(Nc4cnn(C)c4)CC3)cc3ncnc(N)c23)c1C. The second-order valence-corrected chi connectivity index (χ2v) is 8.89. The summed E-state index contributed by atoms with van der Waals surface area (Å²) in [5.41, 5.74) is 9.85. The number of hydrogen-bond donors (Lipinski definition) is 2. The van der Waals surface area contributed by atoms with E-state index in [0.717, 1.165) is 54.3 Å². The van der Waals surface area contributed by atoms with Crippen LogP contribution in [0.5, 0.6) is 17.4 Å². The van der Waals surface area contributed by atoms with Crippen LogP contribution in [0.25, 0.3) is 10.9 Å². The van der Waals surface area contributed by atoms with E-state index in [4.69, 9.17) is 20.2 Å². The Balaban J connectivity index is 1.44. The zero-order chi connectivity index (χ0) is 24.5. The molecule has 4 aromatic rings. The lowest BCUT2D eigenvalue weighted by molar-refractivity contribution is 0.402. The molecule has 1 aromatic carbocycles. The number of anilines is 3. The number of nitrogens with one attached hydrogen (secondary N) is 1. The molecule has 5 rings (SSSR count). The van der Waals surface area contributed by atoms with Gasteiger partial charge in [-0.3, -0.25) is 4.68 Å². The van der Waals surface area contributed by atoms with Gasteiger partial charge in [0, 0.05) is 44.0 Å².